The summed E-state index contributed by atoms with van der Waals surface area (Å²) in [5.74, 6) is 1.07. The normalized spacial score (nSPS) is 28.0. The Labute approximate surface area is 181 Å². The number of likely N-dealkylation sites (N-methyl/N-ethyl adjacent to an activating group) is 1. The van der Waals surface area contributed by atoms with Crippen molar-refractivity contribution in [2.45, 2.75) is 44.6 Å². The van der Waals surface area contributed by atoms with E-state index in [1.165, 1.54) is 17.5 Å². The van der Waals surface area contributed by atoms with Crippen LogP contribution in [0.4, 0.5) is 0 Å². The van der Waals surface area contributed by atoms with Gasteiger partial charge in [0.2, 0.25) is 0 Å². The molecule has 1 N–H and O–H groups in total. The fraction of sp³-hybridized carbons (Fsp3) is 0.538. The number of nitrogens with zero attached hydrogens (tertiary/aromatic N) is 2. The molecule has 2 aliphatic rings. The van der Waals surface area contributed by atoms with E-state index in [0.29, 0.717) is 6.42 Å². The second-order valence-corrected chi connectivity index (χ2v) is 9.26. The van der Waals surface area contributed by atoms with E-state index in [2.05, 4.69) is 54.1 Å². The van der Waals surface area contributed by atoms with Crippen molar-refractivity contribution in [3.05, 3.63) is 65.1 Å². The summed E-state index contributed by atoms with van der Waals surface area (Å²) >= 11 is 0. The van der Waals surface area contributed by atoms with Gasteiger partial charge in [0.05, 0.1) is 11.9 Å². The smallest absolute Gasteiger partial charge is 0.126 e. The first-order valence-electron chi connectivity index (χ1n) is 11.5. The molecule has 162 valence electrons. The molecule has 2 unspecified atom stereocenters. The summed E-state index contributed by atoms with van der Waals surface area (Å²) in [6, 6.07) is 12.4. The lowest BCUT2D eigenvalue weighted by molar-refractivity contribution is -0.00659. The summed E-state index contributed by atoms with van der Waals surface area (Å²) in [5.41, 5.74) is 2.79. The van der Waals surface area contributed by atoms with Crippen molar-refractivity contribution >= 4 is 6.08 Å². The largest absolute Gasteiger partial charge is 0.465 e. The summed E-state index contributed by atoms with van der Waals surface area (Å²) in [6.45, 7) is 7.51. The number of aliphatic hydroxyl groups is 1. The van der Waals surface area contributed by atoms with Gasteiger partial charge in [-0.15, -0.1) is 0 Å². The Morgan fingerprint density at radius 2 is 1.90 bits per heavy atom. The Morgan fingerprint density at radius 3 is 2.63 bits per heavy atom. The number of aryl methyl sites for hydroxylation is 1. The number of hydrogen-bond acceptors (Lipinski definition) is 4. The average molecular weight is 409 g/mol. The molecule has 4 heteroatoms. The first kappa shape index (κ1) is 21.4. The molecule has 2 aromatic rings. The zero-order chi connectivity index (χ0) is 21.0. The summed E-state index contributed by atoms with van der Waals surface area (Å²) in [4.78, 5) is 4.95. The third-order valence-corrected chi connectivity index (χ3v) is 7.14. The molecule has 2 fully saturated rings. The fourth-order valence-corrected chi connectivity index (χ4v) is 5.11. The van der Waals surface area contributed by atoms with Crippen molar-refractivity contribution in [2.24, 2.45) is 5.92 Å². The van der Waals surface area contributed by atoms with Gasteiger partial charge in [-0.2, -0.15) is 0 Å². The number of piperazine rings is 1. The molecule has 1 aliphatic carbocycles. The average Bonchev–Trinajstić information content (AvgIpc) is 3.20. The molecule has 2 atom stereocenters. The molecule has 2 heterocycles. The Balaban J connectivity index is 1.67. The SMILES string of the molecule is Cc1ccccc1CC1(O)C(=Cc2ccco2)CCCCC1CN1CCN(C)CC1. The lowest BCUT2D eigenvalue weighted by Gasteiger charge is -2.42. The first-order chi connectivity index (χ1) is 14.5. The van der Waals surface area contributed by atoms with Crippen molar-refractivity contribution in [3.8, 4) is 0 Å². The predicted octanol–water partition coefficient (Wildman–Crippen LogP) is 4.38. The molecule has 0 bridgehead atoms. The van der Waals surface area contributed by atoms with Crippen LogP contribution in [0.15, 0.2) is 52.7 Å². The fourth-order valence-electron chi connectivity index (χ4n) is 5.11. The highest BCUT2D eigenvalue weighted by Crippen LogP contribution is 2.41. The minimum atomic E-state index is -0.848. The van der Waals surface area contributed by atoms with Crippen molar-refractivity contribution in [1.29, 1.82) is 0 Å². The third-order valence-electron chi connectivity index (χ3n) is 7.14. The number of hydrogen-bond donors (Lipinski definition) is 1. The number of benzene rings is 1. The minimum absolute atomic E-state index is 0.226. The van der Waals surface area contributed by atoms with Crippen LogP contribution < -0.4 is 0 Å². The summed E-state index contributed by atoms with van der Waals surface area (Å²) < 4.78 is 5.64. The first-order valence-corrected chi connectivity index (χ1v) is 11.5. The molecular weight excluding hydrogens is 372 g/mol. The molecule has 0 amide bonds. The van der Waals surface area contributed by atoms with Crippen molar-refractivity contribution in [2.75, 3.05) is 39.8 Å². The number of furan rings is 1. The van der Waals surface area contributed by atoms with Gasteiger partial charge in [0, 0.05) is 45.1 Å². The van der Waals surface area contributed by atoms with E-state index in [9.17, 15) is 5.11 Å². The van der Waals surface area contributed by atoms with Gasteiger partial charge in [-0.25, -0.2) is 0 Å². The highest BCUT2D eigenvalue weighted by molar-refractivity contribution is 5.51. The highest BCUT2D eigenvalue weighted by Gasteiger charge is 2.42. The van der Waals surface area contributed by atoms with Crippen LogP contribution in [0.25, 0.3) is 6.08 Å². The molecule has 1 aliphatic heterocycles. The zero-order valence-corrected chi connectivity index (χ0v) is 18.5. The summed E-state index contributed by atoms with van der Waals surface area (Å²) in [6.07, 6.45) is 8.80. The van der Waals surface area contributed by atoms with Gasteiger partial charge in [-0.3, -0.25) is 0 Å². The molecule has 1 aromatic heterocycles. The maximum atomic E-state index is 12.4. The Hall–Kier alpha value is -1.88. The van der Waals surface area contributed by atoms with Crippen LogP contribution in [-0.4, -0.2) is 60.3 Å². The van der Waals surface area contributed by atoms with E-state index in [4.69, 9.17) is 4.42 Å². The van der Waals surface area contributed by atoms with Crippen LogP contribution in [0.5, 0.6) is 0 Å². The minimum Gasteiger partial charge on any atom is -0.465 e. The van der Waals surface area contributed by atoms with Gasteiger partial charge < -0.3 is 19.3 Å². The van der Waals surface area contributed by atoms with E-state index in [1.54, 1.807) is 6.26 Å². The maximum absolute atomic E-state index is 12.4. The van der Waals surface area contributed by atoms with Gasteiger partial charge in [0.25, 0.3) is 0 Å². The monoisotopic (exact) mass is 408 g/mol. The van der Waals surface area contributed by atoms with E-state index in [1.807, 2.05) is 12.1 Å². The van der Waals surface area contributed by atoms with Crippen LogP contribution in [0.2, 0.25) is 0 Å². The van der Waals surface area contributed by atoms with Gasteiger partial charge in [-0.1, -0.05) is 30.7 Å². The topological polar surface area (TPSA) is 39.9 Å². The van der Waals surface area contributed by atoms with Crippen LogP contribution in [0.3, 0.4) is 0 Å². The summed E-state index contributed by atoms with van der Waals surface area (Å²) in [5, 5.41) is 12.4. The Kier molecular flexibility index (Phi) is 6.77. The summed E-state index contributed by atoms with van der Waals surface area (Å²) in [7, 11) is 2.20. The molecule has 4 rings (SSSR count). The van der Waals surface area contributed by atoms with Gasteiger partial charge in [-0.05, 0) is 68.1 Å². The van der Waals surface area contributed by atoms with Crippen LogP contribution in [-0.2, 0) is 6.42 Å². The lowest BCUT2D eigenvalue weighted by atomic mass is 9.74. The van der Waals surface area contributed by atoms with Crippen molar-refractivity contribution in [1.82, 2.24) is 9.80 Å². The van der Waals surface area contributed by atoms with Gasteiger partial charge in [0.15, 0.2) is 0 Å². The zero-order valence-electron chi connectivity index (χ0n) is 18.5. The number of rotatable bonds is 5. The predicted molar refractivity (Wildman–Crippen MR) is 122 cm³/mol. The van der Waals surface area contributed by atoms with Crippen molar-refractivity contribution < 1.29 is 9.52 Å². The van der Waals surface area contributed by atoms with Gasteiger partial charge >= 0.3 is 0 Å². The molecule has 1 saturated heterocycles. The maximum Gasteiger partial charge on any atom is 0.126 e. The van der Waals surface area contributed by atoms with E-state index >= 15 is 0 Å². The Morgan fingerprint density at radius 1 is 1.10 bits per heavy atom. The van der Waals surface area contributed by atoms with Gasteiger partial charge in [0.1, 0.15) is 5.76 Å². The van der Waals surface area contributed by atoms with Crippen LogP contribution >= 0.6 is 0 Å². The molecule has 1 saturated carbocycles. The third kappa shape index (κ3) is 4.88. The molecule has 1 aromatic carbocycles. The van der Waals surface area contributed by atoms with E-state index in [-0.39, 0.29) is 5.92 Å². The molecule has 0 spiro atoms. The van der Waals surface area contributed by atoms with E-state index in [0.717, 1.165) is 63.3 Å². The quantitative estimate of drug-likeness (QED) is 0.745. The second kappa shape index (κ2) is 9.51. The highest BCUT2D eigenvalue weighted by atomic mass is 16.3. The molecule has 4 nitrogen and oxygen atoms in total. The second-order valence-electron chi connectivity index (χ2n) is 9.26. The Bertz CT molecular complexity index is 836. The van der Waals surface area contributed by atoms with Crippen LogP contribution in [0.1, 0.15) is 42.6 Å². The standard InChI is InChI=1S/C26H36N2O2/c1-21-8-3-4-9-22(21)19-26(29)23(18-25-12-7-17-30-25)10-5-6-11-24(26)20-28-15-13-27(2)14-16-28/h3-4,7-9,12,17-18,24,29H,5-6,10-11,13-16,19-20H2,1-2H3. The lowest BCUT2D eigenvalue weighted by Crippen LogP contribution is -2.51. The van der Waals surface area contributed by atoms with E-state index < -0.39 is 5.60 Å². The molecule has 30 heavy (non-hydrogen) atoms. The molecule has 0 radical (unpaired) electrons. The molecular formula is C26H36N2O2. The van der Waals surface area contributed by atoms with Crippen LogP contribution in [0, 0.1) is 12.8 Å². The van der Waals surface area contributed by atoms with Crippen molar-refractivity contribution in [3.63, 3.8) is 0 Å².